The quantitative estimate of drug-likeness (QED) is 0.369. The first-order chi connectivity index (χ1) is 14.9. The second-order valence-corrected chi connectivity index (χ2v) is 9.42. The van der Waals surface area contributed by atoms with Crippen LogP contribution in [0.5, 0.6) is 0 Å². The van der Waals surface area contributed by atoms with Gasteiger partial charge in [0.25, 0.3) is 10.0 Å². The van der Waals surface area contributed by atoms with Crippen molar-refractivity contribution in [1.82, 2.24) is 4.98 Å². The molecular formula is C22H20N4O3S2. The average Bonchev–Trinajstić information content (AvgIpc) is 3.15. The fourth-order valence-electron chi connectivity index (χ4n) is 3.06. The number of hydrogen-bond acceptors (Lipinski definition) is 5. The summed E-state index contributed by atoms with van der Waals surface area (Å²) < 4.78 is 28.3. The highest BCUT2D eigenvalue weighted by molar-refractivity contribution is 7.93. The molecule has 0 aliphatic carbocycles. The van der Waals surface area contributed by atoms with Gasteiger partial charge in [0.15, 0.2) is 5.13 Å². The Bertz CT molecular complexity index is 1340. The lowest BCUT2D eigenvalue weighted by molar-refractivity contribution is 0.262. The number of para-hydroxylation sites is 1. The van der Waals surface area contributed by atoms with Crippen molar-refractivity contribution in [1.29, 1.82) is 0 Å². The molecule has 3 N–H and O–H groups in total. The van der Waals surface area contributed by atoms with Gasteiger partial charge in [0.05, 0.1) is 15.1 Å². The number of benzene rings is 3. The molecule has 0 fully saturated rings. The monoisotopic (exact) mass is 452 g/mol. The van der Waals surface area contributed by atoms with Crippen LogP contribution in [-0.2, 0) is 16.4 Å². The number of carbonyl (C=O) groups excluding carboxylic acids is 1. The van der Waals surface area contributed by atoms with Crippen LogP contribution < -0.4 is 15.4 Å². The van der Waals surface area contributed by atoms with E-state index in [1.54, 1.807) is 36.4 Å². The third-order valence-corrected chi connectivity index (χ3v) is 7.00. The lowest BCUT2D eigenvalue weighted by Crippen LogP contribution is -2.20. The molecule has 0 bridgehead atoms. The van der Waals surface area contributed by atoms with Gasteiger partial charge in [0.2, 0.25) is 0 Å². The molecule has 0 radical (unpaired) electrons. The highest BCUT2D eigenvalue weighted by Crippen LogP contribution is 2.29. The predicted octanol–water partition coefficient (Wildman–Crippen LogP) is 5.30. The van der Waals surface area contributed by atoms with E-state index in [9.17, 15) is 13.2 Å². The maximum atomic E-state index is 12.5. The summed E-state index contributed by atoms with van der Waals surface area (Å²) in [4.78, 5) is 16.9. The Morgan fingerprint density at radius 2 is 1.71 bits per heavy atom. The molecule has 4 rings (SSSR count). The van der Waals surface area contributed by atoms with E-state index in [2.05, 4.69) is 20.3 Å². The predicted molar refractivity (Wildman–Crippen MR) is 125 cm³/mol. The van der Waals surface area contributed by atoms with Crippen molar-refractivity contribution in [2.45, 2.75) is 18.2 Å². The van der Waals surface area contributed by atoms with Gasteiger partial charge in [-0.3, -0.25) is 4.72 Å². The number of rotatable bonds is 6. The number of anilines is 3. The van der Waals surface area contributed by atoms with Gasteiger partial charge in [-0.05, 0) is 48.4 Å². The van der Waals surface area contributed by atoms with Crippen molar-refractivity contribution >= 4 is 54.1 Å². The van der Waals surface area contributed by atoms with E-state index in [-0.39, 0.29) is 16.1 Å². The first kappa shape index (κ1) is 20.8. The molecule has 0 aliphatic rings. The number of amides is 2. The van der Waals surface area contributed by atoms with Crippen molar-refractivity contribution in [3.05, 3.63) is 78.4 Å². The minimum Gasteiger partial charge on any atom is -0.308 e. The molecule has 0 saturated heterocycles. The summed E-state index contributed by atoms with van der Waals surface area (Å²) in [5, 5.41) is 5.91. The zero-order valence-corrected chi connectivity index (χ0v) is 18.3. The normalized spacial score (nSPS) is 11.3. The maximum absolute atomic E-state index is 12.5. The van der Waals surface area contributed by atoms with Gasteiger partial charge in [-0.1, -0.05) is 54.7 Å². The van der Waals surface area contributed by atoms with Gasteiger partial charge >= 0.3 is 6.03 Å². The van der Waals surface area contributed by atoms with E-state index >= 15 is 0 Å². The molecule has 4 aromatic rings. The van der Waals surface area contributed by atoms with Crippen LogP contribution in [0.15, 0.2) is 77.7 Å². The smallest absolute Gasteiger partial charge is 0.308 e. The van der Waals surface area contributed by atoms with Gasteiger partial charge in [-0.15, -0.1) is 0 Å². The molecule has 3 aromatic carbocycles. The van der Waals surface area contributed by atoms with Crippen molar-refractivity contribution in [2.75, 3.05) is 15.4 Å². The largest absolute Gasteiger partial charge is 0.323 e. The third kappa shape index (κ3) is 4.84. The van der Waals surface area contributed by atoms with E-state index in [1.807, 2.05) is 31.2 Å². The number of aryl methyl sites for hydroxylation is 1. The number of hydrogen-bond donors (Lipinski definition) is 3. The number of sulfonamides is 1. The zero-order valence-electron chi connectivity index (χ0n) is 16.6. The molecule has 0 unspecified atom stereocenters. The van der Waals surface area contributed by atoms with Crippen LogP contribution in [0.25, 0.3) is 10.2 Å². The maximum Gasteiger partial charge on any atom is 0.323 e. The van der Waals surface area contributed by atoms with Crippen LogP contribution >= 0.6 is 11.3 Å². The SMILES string of the molecule is CCc1ccccc1NC(=O)Nc1ccc2sc(NS(=O)(=O)c3ccccc3)nc2c1. The highest BCUT2D eigenvalue weighted by Gasteiger charge is 2.16. The average molecular weight is 453 g/mol. The summed E-state index contributed by atoms with van der Waals surface area (Å²) in [7, 11) is -3.71. The van der Waals surface area contributed by atoms with Crippen LogP contribution in [0, 0.1) is 0 Å². The number of nitrogens with zero attached hydrogens (tertiary/aromatic N) is 1. The lowest BCUT2D eigenvalue weighted by atomic mass is 10.1. The van der Waals surface area contributed by atoms with Crippen molar-refractivity contribution in [2.24, 2.45) is 0 Å². The van der Waals surface area contributed by atoms with Crippen molar-refractivity contribution in [3.63, 3.8) is 0 Å². The molecule has 0 atom stereocenters. The summed E-state index contributed by atoms with van der Waals surface area (Å²) in [5.74, 6) is 0. The number of fused-ring (bicyclic) bond motifs is 1. The van der Waals surface area contributed by atoms with E-state index < -0.39 is 10.0 Å². The standard InChI is InChI=1S/C22H20N4O3S2/c1-2-15-8-6-7-11-18(15)24-21(27)23-16-12-13-20-19(14-16)25-22(30-20)26-31(28,29)17-9-4-3-5-10-17/h3-14H,2H2,1H3,(H,25,26)(H2,23,24,27). The molecule has 1 heterocycles. The number of aromatic nitrogens is 1. The van der Waals surface area contributed by atoms with Gasteiger partial charge in [0.1, 0.15) is 0 Å². The molecule has 158 valence electrons. The molecule has 0 spiro atoms. The van der Waals surface area contributed by atoms with Crippen LogP contribution in [0.2, 0.25) is 0 Å². The molecule has 7 nitrogen and oxygen atoms in total. The van der Waals surface area contributed by atoms with Crippen LogP contribution in [0.1, 0.15) is 12.5 Å². The Labute approximate surface area is 184 Å². The Balaban J connectivity index is 1.49. The van der Waals surface area contributed by atoms with Gasteiger partial charge < -0.3 is 10.6 Å². The van der Waals surface area contributed by atoms with Gasteiger partial charge in [-0.25, -0.2) is 18.2 Å². The summed E-state index contributed by atoms with van der Waals surface area (Å²) in [6.07, 6.45) is 0.808. The van der Waals surface area contributed by atoms with Crippen LogP contribution in [-0.4, -0.2) is 19.4 Å². The fourth-order valence-corrected chi connectivity index (χ4v) is 5.16. The van der Waals surface area contributed by atoms with Crippen molar-refractivity contribution < 1.29 is 13.2 Å². The van der Waals surface area contributed by atoms with E-state index in [0.29, 0.717) is 11.2 Å². The van der Waals surface area contributed by atoms with Gasteiger partial charge in [0, 0.05) is 11.4 Å². The topological polar surface area (TPSA) is 100 Å². The Kier molecular flexibility index (Phi) is 5.88. The van der Waals surface area contributed by atoms with E-state index in [1.165, 1.54) is 23.5 Å². The molecule has 1 aromatic heterocycles. The first-order valence-corrected chi connectivity index (χ1v) is 11.9. The van der Waals surface area contributed by atoms with Crippen LogP contribution in [0.4, 0.5) is 21.3 Å². The highest BCUT2D eigenvalue weighted by atomic mass is 32.2. The Morgan fingerprint density at radius 3 is 2.48 bits per heavy atom. The fraction of sp³-hybridized carbons (Fsp3) is 0.0909. The number of thiazole rings is 1. The summed E-state index contributed by atoms with van der Waals surface area (Å²) in [6.45, 7) is 2.03. The molecule has 0 saturated carbocycles. The minimum absolute atomic E-state index is 0.167. The Morgan fingerprint density at radius 1 is 0.968 bits per heavy atom. The molecule has 0 aliphatic heterocycles. The lowest BCUT2D eigenvalue weighted by Gasteiger charge is -2.10. The van der Waals surface area contributed by atoms with E-state index in [4.69, 9.17) is 0 Å². The number of urea groups is 1. The Hall–Kier alpha value is -3.43. The minimum atomic E-state index is -3.71. The molecular weight excluding hydrogens is 432 g/mol. The van der Waals surface area contributed by atoms with Crippen LogP contribution in [0.3, 0.4) is 0 Å². The number of carbonyl (C=O) groups is 1. The zero-order chi connectivity index (χ0) is 21.8. The number of nitrogens with one attached hydrogen (secondary N) is 3. The molecule has 31 heavy (non-hydrogen) atoms. The third-order valence-electron chi connectivity index (χ3n) is 4.57. The first-order valence-electron chi connectivity index (χ1n) is 9.59. The summed E-state index contributed by atoms with van der Waals surface area (Å²) in [6, 6.07) is 20.6. The summed E-state index contributed by atoms with van der Waals surface area (Å²) >= 11 is 1.22. The molecule has 9 heteroatoms. The van der Waals surface area contributed by atoms with Gasteiger partial charge in [-0.2, -0.15) is 0 Å². The molecule has 2 amide bonds. The second kappa shape index (κ2) is 8.75. The summed E-state index contributed by atoms with van der Waals surface area (Å²) in [5.41, 5.74) is 2.95. The second-order valence-electron chi connectivity index (χ2n) is 6.71. The van der Waals surface area contributed by atoms with E-state index in [0.717, 1.165) is 22.4 Å². The van der Waals surface area contributed by atoms with Crippen molar-refractivity contribution in [3.8, 4) is 0 Å².